The maximum absolute atomic E-state index is 12.1. The molecule has 0 aliphatic carbocycles. The number of amides is 1. The van der Waals surface area contributed by atoms with Gasteiger partial charge in [-0.25, -0.2) is 9.78 Å². The fourth-order valence-electron chi connectivity index (χ4n) is 1.74. The van der Waals surface area contributed by atoms with Crippen LogP contribution in [0.2, 0.25) is 0 Å². The summed E-state index contributed by atoms with van der Waals surface area (Å²) in [4.78, 5) is 27.3. The first-order chi connectivity index (χ1) is 9.49. The second kappa shape index (κ2) is 5.83. The van der Waals surface area contributed by atoms with Crippen LogP contribution in [0, 0.1) is 6.92 Å². The molecule has 2 rings (SSSR count). The molecule has 20 heavy (non-hydrogen) atoms. The summed E-state index contributed by atoms with van der Waals surface area (Å²) in [5.74, 6) is -1.47. The van der Waals surface area contributed by atoms with Crippen LogP contribution < -0.4 is 5.32 Å². The number of aryl methyl sites for hydroxylation is 1. The molecule has 5 nitrogen and oxygen atoms in total. The molecule has 0 unspecified atom stereocenters. The van der Waals surface area contributed by atoms with Crippen molar-refractivity contribution < 1.29 is 14.7 Å². The van der Waals surface area contributed by atoms with Gasteiger partial charge in [-0.05, 0) is 46.6 Å². The van der Waals surface area contributed by atoms with Crippen LogP contribution in [0.4, 0.5) is 5.69 Å². The Bertz CT molecular complexity index is 686. The SMILES string of the molecule is Cc1cccc(C(=O)O)c1NC(=O)c1ccnc(Br)c1. The minimum atomic E-state index is -1.08. The molecule has 0 spiro atoms. The Labute approximate surface area is 123 Å². The number of anilines is 1. The zero-order chi connectivity index (χ0) is 14.7. The summed E-state index contributed by atoms with van der Waals surface area (Å²) in [7, 11) is 0. The van der Waals surface area contributed by atoms with Gasteiger partial charge in [-0.2, -0.15) is 0 Å². The number of halogens is 1. The second-order valence-electron chi connectivity index (χ2n) is 4.12. The molecule has 102 valence electrons. The Hall–Kier alpha value is -2.21. The molecule has 1 aromatic carbocycles. The molecule has 6 heteroatoms. The van der Waals surface area contributed by atoms with Gasteiger partial charge in [0.25, 0.3) is 5.91 Å². The number of carboxylic acids is 1. The third kappa shape index (κ3) is 3.03. The van der Waals surface area contributed by atoms with Crippen LogP contribution in [0.15, 0.2) is 41.1 Å². The van der Waals surface area contributed by atoms with Crippen molar-refractivity contribution in [2.45, 2.75) is 6.92 Å². The quantitative estimate of drug-likeness (QED) is 0.845. The second-order valence-corrected chi connectivity index (χ2v) is 4.94. The number of hydrogen-bond donors (Lipinski definition) is 2. The van der Waals surface area contributed by atoms with E-state index in [0.717, 1.165) is 0 Å². The standard InChI is InChI=1S/C14H11BrN2O3/c1-8-3-2-4-10(14(19)20)12(8)17-13(18)9-5-6-16-11(15)7-9/h2-7H,1H3,(H,17,18)(H,19,20). The molecule has 0 fully saturated rings. The van der Waals surface area contributed by atoms with Gasteiger partial charge in [-0.3, -0.25) is 4.79 Å². The van der Waals surface area contributed by atoms with E-state index in [1.165, 1.54) is 12.3 Å². The summed E-state index contributed by atoms with van der Waals surface area (Å²) in [5.41, 5.74) is 1.45. The number of nitrogens with zero attached hydrogens (tertiary/aromatic N) is 1. The largest absolute Gasteiger partial charge is 0.478 e. The fourth-order valence-corrected chi connectivity index (χ4v) is 2.11. The van der Waals surface area contributed by atoms with E-state index in [1.54, 1.807) is 31.2 Å². The maximum Gasteiger partial charge on any atom is 0.337 e. The van der Waals surface area contributed by atoms with Crippen LogP contribution in [0.1, 0.15) is 26.3 Å². The van der Waals surface area contributed by atoms with Crippen LogP contribution in [-0.4, -0.2) is 22.0 Å². The van der Waals surface area contributed by atoms with E-state index in [2.05, 4.69) is 26.2 Å². The highest BCUT2D eigenvalue weighted by atomic mass is 79.9. The maximum atomic E-state index is 12.1. The average Bonchev–Trinajstić information content (AvgIpc) is 2.40. The number of carbonyl (C=O) groups excluding carboxylic acids is 1. The van der Waals surface area contributed by atoms with Crippen LogP contribution in [0.3, 0.4) is 0 Å². The zero-order valence-electron chi connectivity index (χ0n) is 10.6. The smallest absolute Gasteiger partial charge is 0.337 e. The Balaban J connectivity index is 2.35. The summed E-state index contributed by atoms with van der Waals surface area (Å²) >= 11 is 3.18. The van der Waals surface area contributed by atoms with E-state index in [0.29, 0.717) is 21.4 Å². The normalized spacial score (nSPS) is 10.1. The highest BCUT2D eigenvalue weighted by Gasteiger charge is 2.15. The summed E-state index contributed by atoms with van der Waals surface area (Å²) in [6, 6.07) is 7.95. The molecule has 2 N–H and O–H groups in total. The number of pyridine rings is 1. The summed E-state index contributed by atoms with van der Waals surface area (Å²) in [6.07, 6.45) is 1.49. The predicted octanol–water partition coefficient (Wildman–Crippen LogP) is 3.10. The minimum Gasteiger partial charge on any atom is -0.478 e. The fraction of sp³-hybridized carbons (Fsp3) is 0.0714. The van der Waals surface area contributed by atoms with Gasteiger partial charge in [-0.1, -0.05) is 12.1 Å². The van der Waals surface area contributed by atoms with E-state index >= 15 is 0 Å². The first-order valence-electron chi connectivity index (χ1n) is 5.75. The molecule has 1 amide bonds. The molecule has 0 aliphatic rings. The van der Waals surface area contributed by atoms with Gasteiger partial charge >= 0.3 is 5.97 Å². The van der Waals surface area contributed by atoms with Crippen molar-refractivity contribution in [1.29, 1.82) is 0 Å². The highest BCUT2D eigenvalue weighted by molar-refractivity contribution is 9.10. The molecule has 0 aliphatic heterocycles. The molecule has 0 bridgehead atoms. The first kappa shape index (κ1) is 14.2. The van der Waals surface area contributed by atoms with Crippen molar-refractivity contribution in [3.63, 3.8) is 0 Å². The van der Waals surface area contributed by atoms with Gasteiger partial charge in [0.05, 0.1) is 11.3 Å². The number of carbonyl (C=O) groups is 2. The summed E-state index contributed by atoms with van der Waals surface area (Å²) in [6.45, 7) is 1.74. The number of aromatic nitrogens is 1. The summed E-state index contributed by atoms with van der Waals surface area (Å²) < 4.78 is 0.536. The number of aromatic carboxylic acids is 1. The van der Waals surface area contributed by atoms with Crippen LogP contribution >= 0.6 is 15.9 Å². The van der Waals surface area contributed by atoms with E-state index in [9.17, 15) is 9.59 Å². The van der Waals surface area contributed by atoms with Gasteiger partial charge in [-0.15, -0.1) is 0 Å². The third-order valence-electron chi connectivity index (χ3n) is 2.73. The monoisotopic (exact) mass is 334 g/mol. The van der Waals surface area contributed by atoms with Crippen molar-refractivity contribution in [1.82, 2.24) is 4.98 Å². The average molecular weight is 335 g/mol. The van der Waals surface area contributed by atoms with Crippen LogP contribution in [-0.2, 0) is 0 Å². The van der Waals surface area contributed by atoms with Gasteiger partial charge in [0.1, 0.15) is 4.60 Å². The molecular weight excluding hydrogens is 324 g/mol. The Morgan fingerprint density at radius 1 is 1.30 bits per heavy atom. The van der Waals surface area contributed by atoms with Gasteiger partial charge in [0.15, 0.2) is 0 Å². The third-order valence-corrected chi connectivity index (χ3v) is 3.16. The van der Waals surface area contributed by atoms with Gasteiger partial charge in [0.2, 0.25) is 0 Å². The van der Waals surface area contributed by atoms with Gasteiger partial charge < -0.3 is 10.4 Å². The van der Waals surface area contributed by atoms with Crippen molar-refractivity contribution in [3.8, 4) is 0 Å². The minimum absolute atomic E-state index is 0.0615. The topological polar surface area (TPSA) is 79.3 Å². The molecule has 0 saturated carbocycles. The highest BCUT2D eigenvalue weighted by Crippen LogP contribution is 2.21. The number of hydrogen-bond acceptors (Lipinski definition) is 3. The number of para-hydroxylation sites is 1. The number of nitrogens with one attached hydrogen (secondary N) is 1. The lowest BCUT2D eigenvalue weighted by Gasteiger charge is -2.11. The number of carboxylic acid groups (broad SMARTS) is 1. The Kier molecular flexibility index (Phi) is 4.14. The zero-order valence-corrected chi connectivity index (χ0v) is 12.1. The lowest BCUT2D eigenvalue weighted by molar-refractivity contribution is 0.0698. The van der Waals surface area contributed by atoms with Crippen LogP contribution in [0.25, 0.3) is 0 Å². The molecule has 0 atom stereocenters. The van der Waals surface area contributed by atoms with E-state index in [4.69, 9.17) is 5.11 Å². The molecule has 2 aromatic rings. The van der Waals surface area contributed by atoms with Crippen molar-refractivity contribution in [2.24, 2.45) is 0 Å². The predicted molar refractivity (Wildman–Crippen MR) is 78.0 cm³/mol. The van der Waals surface area contributed by atoms with Crippen molar-refractivity contribution in [3.05, 3.63) is 57.8 Å². The van der Waals surface area contributed by atoms with Crippen LogP contribution in [0.5, 0.6) is 0 Å². The number of rotatable bonds is 3. The van der Waals surface area contributed by atoms with Gasteiger partial charge in [0, 0.05) is 11.8 Å². The molecular formula is C14H11BrN2O3. The van der Waals surface area contributed by atoms with Crippen molar-refractivity contribution >= 4 is 33.5 Å². The Morgan fingerprint density at radius 2 is 2.05 bits per heavy atom. The van der Waals surface area contributed by atoms with Crippen molar-refractivity contribution in [2.75, 3.05) is 5.32 Å². The van der Waals surface area contributed by atoms with E-state index < -0.39 is 5.97 Å². The molecule has 0 saturated heterocycles. The summed E-state index contributed by atoms with van der Waals surface area (Å²) in [5, 5.41) is 11.8. The molecule has 1 aromatic heterocycles. The lowest BCUT2D eigenvalue weighted by Crippen LogP contribution is -2.16. The van der Waals surface area contributed by atoms with E-state index in [1.807, 2.05) is 0 Å². The first-order valence-corrected chi connectivity index (χ1v) is 6.54. The molecule has 0 radical (unpaired) electrons. The molecule has 1 heterocycles. The Morgan fingerprint density at radius 3 is 2.70 bits per heavy atom. The van der Waals surface area contributed by atoms with E-state index in [-0.39, 0.29) is 11.5 Å². The number of benzene rings is 1. The lowest BCUT2D eigenvalue weighted by atomic mass is 10.1.